The lowest BCUT2D eigenvalue weighted by atomic mass is 10.1. The van der Waals surface area contributed by atoms with Gasteiger partial charge in [-0.15, -0.1) is 6.58 Å². The van der Waals surface area contributed by atoms with Gasteiger partial charge in [-0.3, -0.25) is 9.59 Å². The molecule has 0 bridgehead atoms. The van der Waals surface area contributed by atoms with Crippen molar-refractivity contribution in [3.05, 3.63) is 61.2 Å². The van der Waals surface area contributed by atoms with E-state index in [-0.39, 0.29) is 18.2 Å². The number of amides is 2. The maximum atomic E-state index is 13.1. The average Bonchev–Trinajstić information content (AvgIpc) is 3.13. The zero-order chi connectivity index (χ0) is 19.5. The summed E-state index contributed by atoms with van der Waals surface area (Å²) in [7, 11) is 0. The first-order chi connectivity index (χ1) is 13.7. The van der Waals surface area contributed by atoms with Crippen LogP contribution >= 0.6 is 0 Å². The lowest BCUT2D eigenvalue weighted by Crippen LogP contribution is -2.37. The minimum atomic E-state index is -0.402. The number of para-hydroxylation sites is 1. The summed E-state index contributed by atoms with van der Waals surface area (Å²) in [5.41, 5.74) is 1.53. The molecule has 1 atom stereocenters. The summed E-state index contributed by atoms with van der Waals surface area (Å²) in [6, 6.07) is 14.9. The van der Waals surface area contributed by atoms with Crippen LogP contribution in [0.4, 0.5) is 11.4 Å². The molecule has 0 spiro atoms. The van der Waals surface area contributed by atoms with Crippen LogP contribution in [0.1, 0.15) is 6.42 Å². The number of fused-ring (bicyclic) bond motifs is 1. The molecule has 2 aliphatic heterocycles. The third-order valence-corrected chi connectivity index (χ3v) is 4.96. The number of hydrogen-bond acceptors (Lipinski definition) is 4. The predicted molar refractivity (Wildman–Crippen MR) is 107 cm³/mol. The van der Waals surface area contributed by atoms with Gasteiger partial charge in [0.1, 0.15) is 13.2 Å². The lowest BCUT2D eigenvalue weighted by molar-refractivity contribution is -0.124. The topological polar surface area (TPSA) is 59.1 Å². The SMILES string of the molecule is C=CCN(C(=O)C1CC(=O)N(c2ccc3c(c2)OCCO3)C1)c1ccccc1. The molecule has 0 radical (unpaired) electrons. The zero-order valence-electron chi connectivity index (χ0n) is 15.5. The number of hydrogen-bond donors (Lipinski definition) is 0. The third kappa shape index (κ3) is 3.45. The summed E-state index contributed by atoms with van der Waals surface area (Å²) >= 11 is 0. The molecule has 1 saturated heterocycles. The van der Waals surface area contributed by atoms with Crippen LogP contribution in [0.15, 0.2) is 61.2 Å². The molecule has 144 valence electrons. The van der Waals surface area contributed by atoms with Crippen molar-refractivity contribution in [1.82, 2.24) is 0 Å². The quantitative estimate of drug-likeness (QED) is 0.751. The second kappa shape index (κ2) is 7.76. The van der Waals surface area contributed by atoms with E-state index in [1.807, 2.05) is 36.4 Å². The Kier molecular flexibility index (Phi) is 5.02. The highest BCUT2D eigenvalue weighted by atomic mass is 16.6. The monoisotopic (exact) mass is 378 g/mol. The third-order valence-electron chi connectivity index (χ3n) is 4.96. The number of rotatable bonds is 5. The molecule has 2 amide bonds. The van der Waals surface area contributed by atoms with Crippen LogP contribution in [0.2, 0.25) is 0 Å². The summed E-state index contributed by atoms with van der Waals surface area (Å²) in [4.78, 5) is 29.1. The van der Waals surface area contributed by atoms with Crippen molar-refractivity contribution >= 4 is 23.2 Å². The second-order valence-corrected chi connectivity index (χ2v) is 6.81. The fraction of sp³-hybridized carbons (Fsp3) is 0.273. The smallest absolute Gasteiger partial charge is 0.232 e. The Morgan fingerprint density at radius 3 is 2.64 bits per heavy atom. The largest absolute Gasteiger partial charge is 0.486 e. The molecule has 6 heteroatoms. The summed E-state index contributed by atoms with van der Waals surface area (Å²) in [6.07, 6.45) is 1.88. The van der Waals surface area contributed by atoms with E-state index in [1.165, 1.54) is 0 Å². The van der Waals surface area contributed by atoms with Gasteiger partial charge in [-0.1, -0.05) is 24.3 Å². The number of carbonyl (C=O) groups excluding carboxylic acids is 2. The summed E-state index contributed by atoms with van der Waals surface area (Å²) in [6.45, 7) is 5.51. The molecule has 2 aliphatic rings. The van der Waals surface area contributed by atoms with Crippen molar-refractivity contribution in [3.8, 4) is 11.5 Å². The molecule has 1 unspecified atom stereocenters. The Balaban J connectivity index is 1.54. The summed E-state index contributed by atoms with van der Waals surface area (Å²) in [5, 5.41) is 0. The molecule has 6 nitrogen and oxygen atoms in total. The van der Waals surface area contributed by atoms with E-state index in [0.29, 0.717) is 37.8 Å². The highest BCUT2D eigenvalue weighted by molar-refractivity contribution is 6.04. The van der Waals surface area contributed by atoms with Crippen LogP contribution in [0.3, 0.4) is 0 Å². The van der Waals surface area contributed by atoms with Crippen molar-refractivity contribution in [2.24, 2.45) is 5.92 Å². The molecular formula is C22H22N2O4. The second-order valence-electron chi connectivity index (χ2n) is 6.81. The van der Waals surface area contributed by atoms with E-state index in [4.69, 9.17) is 9.47 Å². The first-order valence-electron chi connectivity index (χ1n) is 9.34. The van der Waals surface area contributed by atoms with Gasteiger partial charge in [0.2, 0.25) is 11.8 Å². The van der Waals surface area contributed by atoms with Crippen LogP contribution in [-0.4, -0.2) is 38.1 Å². The van der Waals surface area contributed by atoms with E-state index in [1.54, 1.807) is 28.0 Å². The standard InChI is InChI=1S/C22H22N2O4/c1-2-10-23(17-6-4-3-5-7-17)22(26)16-13-21(25)24(15-16)18-8-9-19-20(14-18)28-12-11-27-19/h2-9,14,16H,1,10-13,15H2. The van der Waals surface area contributed by atoms with Crippen LogP contribution < -0.4 is 19.3 Å². The van der Waals surface area contributed by atoms with E-state index in [0.717, 1.165) is 11.4 Å². The number of anilines is 2. The average molecular weight is 378 g/mol. The van der Waals surface area contributed by atoms with Crippen LogP contribution in [-0.2, 0) is 9.59 Å². The Hall–Kier alpha value is -3.28. The molecular weight excluding hydrogens is 356 g/mol. The predicted octanol–water partition coefficient (Wildman–Crippen LogP) is 3.03. The number of nitrogens with zero attached hydrogens (tertiary/aromatic N) is 2. The van der Waals surface area contributed by atoms with Gasteiger partial charge in [0.05, 0.1) is 5.92 Å². The molecule has 2 aromatic carbocycles. The molecule has 2 aromatic rings. The highest BCUT2D eigenvalue weighted by Gasteiger charge is 2.37. The maximum Gasteiger partial charge on any atom is 0.232 e. The summed E-state index contributed by atoms with van der Waals surface area (Å²) < 4.78 is 11.1. The van der Waals surface area contributed by atoms with E-state index in [9.17, 15) is 9.59 Å². The minimum Gasteiger partial charge on any atom is -0.486 e. The van der Waals surface area contributed by atoms with Crippen LogP contribution in [0.25, 0.3) is 0 Å². The molecule has 0 aliphatic carbocycles. The van der Waals surface area contributed by atoms with Crippen molar-refractivity contribution < 1.29 is 19.1 Å². The lowest BCUT2D eigenvalue weighted by Gasteiger charge is -2.25. The van der Waals surface area contributed by atoms with Gasteiger partial charge in [0.25, 0.3) is 0 Å². The highest BCUT2D eigenvalue weighted by Crippen LogP contribution is 2.36. The fourth-order valence-electron chi connectivity index (χ4n) is 3.60. The Bertz CT molecular complexity index is 897. The number of benzene rings is 2. The molecule has 28 heavy (non-hydrogen) atoms. The van der Waals surface area contributed by atoms with Crippen molar-refractivity contribution in [3.63, 3.8) is 0 Å². The number of ether oxygens (including phenoxy) is 2. The molecule has 0 N–H and O–H groups in total. The van der Waals surface area contributed by atoms with Gasteiger partial charge in [-0.2, -0.15) is 0 Å². The van der Waals surface area contributed by atoms with Gasteiger partial charge in [0, 0.05) is 37.0 Å². The molecule has 1 fully saturated rings. The van der Waals surface area contributed by atoms with Gasteiger partial charge < -0.3 is 19.3 Å². The fourth-order valence-corrected chi connectivity index (χ4v) is 3.60. The van der Waals surface area contributed by atoms with E-state index < -0.39 is 5.92 Å². The maximum absolute atomic E-state index is 13.1. The van der Waals surface area contributed by atoms with Crippen LogP contribution in [0, 0.1) is 5.92 Å². The van der Waals surface area contributed by atoms with Gasteiger partial charge in [-0.25, -0.2) is 0 Å². The molecule has 2 heterocycles. The van der Waals surface area contributed by atoms with E-state index >= 15 is 0 Å². The first-order valence-corrected chi connectivity index (χ1v) is 9.34. The number of carbonyl (C=O) groups is 2. The summed E-state index contributed by atoms with van der Waals surface area (Å²) in [5.74, 6) is 0.765. The zero-order valence-corrected chi connectivity index (χ0v) is 15.5. The first kappa shape index (κ1) is 18.1. The van der Waals surface area contributed by atoms with Gasteiger partial charge in [0.15, 0.2) is 11.5 Å². The Morgan fingerprint density at radius 2 is 1.89 bits per heavy atom. The molecule has 0 aromatic heterocycles. The molecule has 4 rings (SSSR count). The van der Waals surface area contributed by atoms with Gasteiger partial charge in [-0.05, 0) is 24.3 Å². The van der Waals surface area contributed by atoms with Crippen molar-refractivity contribution in [2.45, 2.75) is 6.42 Å². The van der Waals surface area contributed by atoms with Crippen molar-refractivity contribution in [2.75, 3.05) is 36.1 Å². The van der Waals surface area contributed by atoms with Crippen LogP contribution in [0.5, 0.6) is 11.5 Å². The Labute approximate surface area is 164 Å². The normalized spacial score (nSPS) is 18.1. The Morgan fingerprint density at radius 1 is 1.14 bits per heavy atom. The van der Waals surface area contributed by atoms with Gasteiger partial charge >= 0.3 is 0 Å². The molecule has 0 saturated carbocycles. The van der Waals surface area contributed by atoms with E-state index in [2.05, 4.69) is 6.58 Å². The van der Waals surface area contributed by atoms with Crippen molar-refractivity contribution in [1.29, 1.82) is 0 Å². The minimum absolute atomic E-state index is 0.0679.